The highest BCUT2D eigenvalue weighted by atomic mass is 35.5. The highest BCUT2D eigenvalue weighted by Crippen LogP contribution is 2.32. The lowest BCUT2D eigenvalue weighted by molar-refractivity contribution is 0.405. The molecule has 0 bridgehead atoms. The molecule has 1 N–H and O–H groups in total. The summed E-state index contributed by atoms with van der Waals surface area (Å²) in [5.74, 6) is 1.53. The Morgan fingerprint density at radius 1 is 0.947 bits per heavy atom. The highest BCUT2D eigenvalue weighted by molar-refractivity contribution is 6.30. The average Bonchev–Trinajstić information content (AvgIpc) is 2.41. The SMILES string of the molecule is COc1ccc(OC)c(Nc2ccc(Cl)cc2C)c1. The van der Waals surface area contributed by atoms with Crippen LogP contribution in [0, 0.1) is 6.92 Å². The van der Waals surface area contributed by atoms with Crippen molar-refractivity contribution < 1.29 is 9.47 Å². The fraction of sp³-hybridized carbons (Fsp3) is 0.200. The van der Waals surface area contributed by atoms with Crippen LogP contribution < -0.4 is 14.8 Å². The molecule has 0 aliphatic rings. The van der Waals surface area contributed by atoms with E-state index in [9.17, 15) is 0 Å². The lowest BCUT2D eigenvalue weighted by atomic mass is 10.2. The molecule has 4 heteroatoms. The van der Waals surface area contributed by atoms with Crippen LogP contribution in [0.5, 0.6) is 11.5 Å². The van der Waals surface area contributed by atoms with Crippen molar-refractivity contribution in [3.8, 4) is 11.5 Å². The summed E-state index contributed by atoms with van der Waals surface area (Å²) in [6.45, 7) is 2.00. The average molecular weight is 278 g/mol. The van der Waals surface area contributed by atoms with Crippen LogP contribution in [0.4, 0.5) is 11.4 Å². The molecule has 0 aromatic heterocycles. The first kappa shape index (κ1) is 13.6. The predicted molar refractivity (Wildman–Crippen MR) is 79.0 cm³/mol. The number of rotatable bonds is 4. The van der Waals surface area contributed by atoms with Crippen LogP contribution in [-0.4, -0.2) is 14.2 Å². The molecule has 0 heterocycles. The number of halogens is 1. The third kappa shape index (κ3) is 3.12. The molecule has 0 unspecified atom stereocenters. The number of ether oxygens (including phenoxy) is 2. The molecule has 2 aromatic rings. The Morgan fingerprint density at radius 2 is 1.74 bits per heavy atom. The molecule has 0 atom stereocenters. The third-order valence-corrected chi connectivity index (χ3v) is 3.10. The van der Waals surface area contributed by atoms with Gasteiger partial charge in [-0.3, -0.25) is 0 Å². The van der Waals surface area contributed by atoms with Crippen molar-refractivity contribution in [2.24, 2.45) is 0 Å². The van der Waals surface area contributed by atoms with Crippen LogP contribution in [0.3, 0.4) is 0 Å². The largest absolute Gasteiger partial charge is 0.497 e. The molecule has 19 heavy (non-hydrogen) atoms. The first-order chi connectivity index (χ1) is 9.13. The number of hydrogen-bond acceptors (Lipinski definition) is 3. The minimum atomic E-state index is 0.723. The first-order valence-corrected chi connectivity index (χ1v) is 6.27. The van der Waals surface area contributed by atoms with Crippen molar-refractivity contribution in [1.82, 2.24) is 0 Å². The second-order valence-electron chi connectivity index (χ2n) is 4.15. The van der Waals surface area contributed by atoms with E-state index in [-0.39, 0.29) is 0 Å². The molecule has 0 amide bonds. The van der Waals surface area contributed by atoms with Gasteiger partial charge in [-0.05, 0) is 42.8 Å². The zero-order valence-corrected chi connectivity index (χ0v) is 11.9. The molecule has 0 spiro atoms. The topological polar surface area (TPSA) is 30.5 Å². The summed E-state index contributed by atoms with van der Waals surface area (Å²) in [4.78, 5) is 0. The summed E-state index contributed by atoms with van der Waals surface area (Å²) in [7, 11) is 3.28. The number of hydrogen-bond donors (Lipinski definition) is 1. The summed E-state index contributed by atoms with van der Waals surface area (Å²) >= 11 is 5.95. The number of benzene rings is 2. The van der Waals surface area contributed by atoms with Gasteiger partial charge in [-0.2, -0.15) is 0 Å². The Hall–Kier alpha value is -1.87. The standard InChI is InChI=1S/C15H16ClNO2/c1-10-8-11(16)4-6-13(10)17-14-9-12(18-2)5-7-15(14)19-3/h4-9,17H,1-3H3. The van der Waals surface area contributed by atoms with Gasteiger partial charge >= 0.3 is 0 Å². The summed E-state index contributed by atoms with van der Waals surface area (Å²) in [5, 5.41) is 4.05. The van der Waals surface area contributed by atoms with Crippen molar-refractivity contribution in [2.45, 2.75) is 6.92 Å². The van der Waals surface area contributed by atoms with E-state index in [1.54, 1.807) is 14.2 Å². The maximum Gasteiger partial charge on any atom is 0.142 e. The third-order valence-electron chi connectivity index (χ3n) is 2.86. The summed E-state index contributed by atoms with van der Waals surface area (Å²) < 4.78 is 10.6. The van der Waals surface area contributed by atoms with Crippen LogP contribution in [0.15, 0.2) is 36.4 Å². The Balaban J connectivity index is 2.36. The predicted octanol–water partition coefficient (Wildman–Crippen LogP) is 4.41. The molecule has 0 aliphatic heterocycles. The van der Waals surface area contributed by atoms with Crippen LogP contribution in [0.2, 0.25) is 5.02 Å². The van der Waals surface area contributed by atoms with Crippen LogP contribution in [-0.2, 0) is 0 Å². The van der Waals surface area contributed by atoms with E-state index in [1.807, 2.05) is 43.3 Å². The fourth-order valence-electron chi connectivity index (χ4n) is 1.82. The van der Waals surface area contributed by atoms with Crippen LogP contribution >= 0.6 is 11.6 Å². The molecular weight excluding hydrogens is 262 g/mol. The molecule has 3 nitrogen and oxygen atoms in total. The summed E-state index contributed by atoms with van der Waals surface area (Å²) in [6.07, 6.45) is 0. The molecule has 0 fully saturated rings. The summed E-state index contributed by atoms with van der Waals surface area (Å²) in [5.41, 5.74) is 2.90. The van der Waals surface area contributed by atoms with E-state index >= 15 is 0 Å². The molecule has 2 rings (SSSR count). The molecule has 0 radical (unpaired) electrons. The van der Waals surface area contributed by atoms with E-state index in [0.29, 0.717) is 0 Å². The first-order valence-electron chi connectivity index (χ1n) is 5.89. The Morgan fingerprint density at radius 3 is 2.37 bits per heavy atom. The maximum absolute atomic E-state index is 5.95. The van der Waals surface area contributed by atoms with Gasteiger partial charge in [0.1, 0.15) is 11.5 Å². The van der Waals surface area contributed by atoms with Gasteiger partial charge in [-0.1, -0.05) is 11.6 Å². The van der Waals surface area contributed by atoms with Crippen LogP contribution in [0.25, 0.3) is 0 Å². The van der Waals surface area contributed by atoms with E-state index in [4.69, 9.17) is 21.1 Å². The van der Waals surface area contributed by atoms with E-state index in [2.05, 4.69) is 5.32 Å². The summed E-state index contributed by atoms with van der Waals surface area (Å²) in [6, 6.07) is 11.3. The smallest absolute Gasteiger partial charge is 0.142 e. The fourth-order valence-corrected chi connectivity index (χ4v) is 2.05. The Labute approximate surface area is 118 Å². The zero-order chi connectivity index (χ0) is 13.8. The van der Waals surface area contributed by atoms with Crippen molar-refractivity contribution in [2.75, 3.05) is 19.5 Å². The van der Waals surface area contributed by atoms with Gasteiger partial charge in [-0.25, -0.2) is 0 Å². The van der Waals surface area contributed by atoms with Gasteiger partial charge in [0.05, 0.1) is 19.9 Å². The quantitative estimate of drug-likeness (QED) is 0.898. The normalized spacial score (nSPS) is 10.1. The van der Waals surface area contributed by atoms with Crippen molar-refractivity contribution >= 4 is 23.0 Å². The monoisotopic (exact) mass is 277 g/mol. The van der Waals surface area contributed by atoms with E-state index in [1.165, 1.54) is 0 Å². The van der Waals surface area contributed by atoms with E-state index in [0.717, 1.165) is 33.5 Å². The number of anilines is 2. The van der Waals surface area contributed by atoms with Gasteiger partial charge < -0.3 is 14.8 Å². The van der Waals surface area contributed by atoms with Gasteiger partial charge in [0.15, 0.2) is 0 Å². The Bertz CT molecular complexity index is 584. The number of nitrogens with one attached hydrogen (secondary N) is 1. The van der Waals surface area contributed by atoms with Crippen LogP contribution in [0.1, 0.15) is 5.56 Å². The second kappa shape index (κ2) is 5.85. The van der Waals surface area contributed by atoms with Crippen molar-refractivity contribution in [1.29, 1.82) is 0 Å². The van der Waals surface area contributed by atoms with Crippen molar-refractivity contribution in [3.05, 3.63) is 47.0 Å². The minimum absolute atomic E-state index is 0.723. The molecular formula is C15H16ClNO2. The Kier molecular flexibility index (Phi) is 4.17. The minimum Gasteiger partial charge on any atom is -0.497 e. The van der Waals surface area contributed by atoms with E-state index < -0.39 is 0 Å². The molecule has 0 saturated carbocycles. The molecule has 100 valence electrons. The van der Waals surface area contributed by atoms with Gasteiger partial charge in [0, 0.05) is 16.8 Å². The lowest BCUT2D eigenvalue weighted by Crippen LogP contribution is -1.97. The molecule has 0 saturated heterocycles. The van der Waals surface area contributed by atoms with Gasteiger partial charge in [0.2, 0.25) is 0 Å². The number of aryl methyl sites for hydroxylation is 1. The molecule has 2 aromatic carbocycles. The highest BCUT2D eigenvalue weighted by Gasteiger charge is 2.07. The maximum atomic E-state index is 5.95. The van der Waals surface area contributed by atoms with Gasteiger partial charge in [0.25, 0.3) is 0 Å². The van der Waals surface area contributed by atoms with Gasteiger partial charge in [-0.15, -0.1) is 0 Å². The zero-order valence-electron chi connectivity index (χ0n) is 11.2. The van der Waals surface area contributed by atoms with Crippen molar-refractivity contribution in [3.63, 3.8) is 0 Å². The lowest BCUT2D eigenvalue weighted by Gasteiger charge is -2.14. The number of methoxy groups -OCH3 is 2. The molecule has 0 aliphatic carbocycles. The second-order valence-corrected chi connectivity index (χ2v) is 4.59.